The highest BCUT2D eigenvalue weighted by molar-refractivity contribution is 9.11. The lowest BCUT2D eigenvalue weighted by Crippen LogP contribution is -2.29. The number of sulfonamides is 1. The van der Waals surface area contributed by atoms with Crippen LogP contribution in [0, 0.1) is 12.7 Å². The molecule has 1 heterocycles. The van der Waals surface area contributed by atoms with Gasteiger partial charge in [0.05, 0.1) is 3.79 Å². The Kier molecular flexibility index (Phi) is 5.19. The van der Waals surface area contributed by atoms with Crippen LogP contribution in [0.25, 0.3) is 0 Å². The summed E-state index contributed by atoms with van der Waals surface area (Å²) in [5.74, 6) is -0.365. The summed E-state index contributed by atoms with van der Waals surface area (Å²) in [6.45, 7) is 4.10. The van der Waals surface area contributed by atoms with Crippen molar-refractivity contribution in [2.75, 3.05) is 6.54 Å². The van der Waals surface area contributed by atoms with E-state index in [0.717, 1.165) is 9.35 Å². The van der Waals surface area contributed by atoms with Crippen LogP contribution in [0.4, 0.5) is 4.39 Å². The predicted octanol–water partition coefficient (Wildman–Crippen LogP) is 4.17. The van der Waals surface area contributed by atoms with Gasteiger partial charge in [-0.15, -0.1) is 11.3 Å². The van der Waals surface area contributed by atoms with E-state index < -0.39 is 10.0 Å². The fraction of sp³-hybridized carbons (Fsp3) is 0.286. The number of halogens is 2. The molecule has 1 aromatic carbocycles. The number of thiophene rings is 1. The summed E-state index contributed by atoms with van der Waals surface area (Å²) in [5.41, 5.74) is 1.52. The lowest BCUT2D eigenvalue weighted by atomic mass is 10.2. The van der Waals surface area contributed by atoms with Gasteiger partial charge in [-0.25, -0.2) is 12.8 Å². The summed E-state index contributed by atoms with van der Waals surface area (Å²) in [5, 5.41) is 0. The van der Waals surface area contributed by atoms with Crippen molar-refractivity contribution in [1.82, 2.24) is 4.31 Å². The van der Waals surface area contributed by atoms with Crippen LogP contribution in [0.3, 0.4) is 0 Å². The van der Waals surface area contributed by atoms with Gasteiger partial charge in [0.2, 0.25) is 0 Å². The molecule has 2 aromatic rings. The number of hydrogen-bond donors (Lipinski definition) is 0. The van der Waals surface area contributed by atoms with E-state index in [0.29, 0.717) is 16.3 Å². The van der Waals surface area contributed by atoms with Crippen molar-refractivity contribution in [1.29, 1.82) is 0 Å². The second-order valence-corrected chi connectivity index (χ2v) is 9.12. The normalized spacial score (nSPS) is 12.0. The Hall–Kier alpha value is -0.760. The van der Waals surface area contributed by atoms with E-state index in [9.17, 15) is 12.8 Å². The van der Waals surface area contributed by atoms with Crippen molar-refractivity contribution in [2.24, 2.45) is 0 Å². The monoisotopic (exact) mass is 391 g/mol. The first-order chi connectivity index (χ1) is 9.84. The largest absolute Gasteiger partial charge is 0.252 e. The highest BCUT2D eigenvalue weighted by Crippen LogP contribution is 2.32. The lowest BCUT2D eigenvalue weighted by Gasteiger charge is -2.19. The molecule has 0 radical (unpaired) electrons. The highest BCUT2D eigenvalue weighted by atomic mass is 79.9. The zero-order valence-electron chi connectivity index (χ0n) is 11.6. The van der Waals surface area contributed by atoms with Crippen LogP contribution in [-0.2, 0) is 16.6 Å². The molecule has 2 rings (SSSR count). The molecule has 0 N–H and O–H groups in total. The molecule has 21 heavy (non-hydrogen) atoms. The average Bonchev–Trinajstić information content (AvgIpc) is 2.76. The third kappa shape index (κ3) is 3.71. The van der Waals surface area contributed by atoms with E-state index in [1.165, 1.54) is 27.8 Å². The maximum atomic E-state index is 13.2. The van der Waals surface area contributed by atoms with Gasteiger partial charge < -0.3 is 0 Å². The Morgan fingerprint density at radius 2 is 2.05 bits per heavy atom. The molecule has 3 nitrogen and oxygen atoms in total. The molecule has 1 aromatic heterocycles. The molecule has 0 unspecified atom stereocenters. The standard InChI is InChI=1S/C14H15BrFNO2S2/c1-3-17(9-11-5-4-6-12(16)8-11)21(18,19)13-7-10(2)14(15)20-13/h4-8H,3,9H2,1-2H3. The smallest absolute Gasteiger partial charge is 0.207 e. The van der Waals surface area contributed by atoms with Crippen molar-refractivity contribution < 1.29 is 12.8 Å². The first kappa shape index (κ1) is 16.6. The first-order valence-electron chi connectivity index (χ1n) is 6.35. The molecular formula is C14H15BrFNO2S2. The van der Waals surface area contributed by atoms with Crippen molar-refractivity contribution in [3.8, 4) is 0 Å². The molecule has 0 aliphatic rings. The molecule has 0 saturated carbocycles. The van der Waals surface area contributed by atoms with E-state index in [1.54, 1.807) is 25.1 Å². The van der Waals surface area contributed by atoms with Crippen LogP contribution >= 0.6 is 27.3 Å². The first-order valence-corrected chi connectivity index (χ1v) is 9.40. The topological polar surface area (TPSA) is 37.4 Å². The van der Waals surface area contributed by atoms with Gasteiger partial charge >= 0.3 is 0 Å². The molecule has 0 bridgehead atoms. The summed E-state index contributed by atoms with van der Waals surface area (Å²) < 4.78 is 41.0. The third-order valence-electron chi connectivity index (χ3n) is 3.03. The maximum Gasteiger partial charge on any atom is 0.252 e. The van der Waals surface area contributed by atoms with Crippen molar-refractivity contribution in [3.05, 3.63) is 51.1 Å². The van der Waals surface area contributed by atoms with Gasteiger partial charge in [0.15, 0.2) is 0 Å². The summed E-state index contributed by atoms with van der Waals surface area (Å²) in [4.78, 5) is 0. The molecule has 0 aliphatic carbocycles. The average molecular weight is 392 g/mol. The molecule has 0 spiro atoms. The Balaban J connectivity index is 2.31. The van der Waals surface area contributed by atoms with Crippen molar-refractivity contribution in [3.63, 3.8) is 0 Å². The molecule has 114 valence electrons. The summed E-state index contributed by atoms with van der Waals surface area (Å²) in [6, 6.07) is 7.65. The number of aryl methyl sites for hydroxylation is 1. The summed E-state index contributed by atoms with van der Waals surface area (Å²) in [7, 11) is -3.56. The Bertz CT molecular complexity index is 724. The SMILES string of the molecule is CCN(Cc1cccc(F)c1)S(=O)(=O)c1cc(C)c(Br)s1. The van der Waals surface area contributed by atoms with Gasteiger partial charge in [-0.2, -0.15) is 4.31 Å². The second kappa shape index (κ2) is 6.56. The van der Waals surface area contributed by atoms with E-state index in [2.05, 4.69) is 15.9 Å². The zero-order chi connectivity index (χ0) is 15.6. The second-order valence-electron chi connectivity index (χ2n) is 4.58. The van der Waals surface area contributed by atoms with Crippen LogP contribution in [0.1, 0.15) is 18.1 Å². The van der Waals surface area contributed by atoms with E-state index in [-0.39, 0.29) is 12.4 Å². The quantitative estimate of drug-likeness (QED) is 0.766. The van der Waals surface area contributed by atoms with E-state index in [4.69, 9.17) is 0 Å². The molecular weight excluding hydrogens is 377 g/mol. The third-order valence-corrected chi connectivity index (χ3v) is 7.54. The van der Waals surface area contributed by atoms with Gasteiger partial charge in [0, 0.05) is 13.1 Å². The van der Waals surface area contributed by atoms with Crippen LogP contribution in [0.2, 0.25) is 0 Å². The van der Waals surface area contributed by atoms with Gasteiger partial charge in [0.1, 0.15) is 10.0 Å². The minimum absolute atomic E-state index is 0.158. The molecule has 0 amide bonds. The van der Waals surface area contributed by atoms with Gasteiger partial charge in [0.25, 0.3) is 10.0 Å². The number of benzene rings is 1. The Morgan fingerprint density at radius 3 is 2.57 bits per heavy atom. The van der Waals surface area contributed by atoms with E-state index in [1.807, 2.05) is 6.92 Å². The molecule has 0 atom stereocenters. The molecule has 0 saturated heterocycles. The Morgan fingerprint density at radius 1 is 1.33 bits per heavy atom. The van der Waals surface area contributed by atoms with Crippen LogP contribution < -0.4 is 0 Å². The minimum atomic E-state index is -3.56. The van der Waals surface area contributed by atoms with Crippen LogP contribution in [0.15, 0.2) is 38.3 Å². The molecule has 0 fully saturated rings. The molecule has 0 aliphatic heterocycles. The summed E-state index contributed by atoms with van der Waals surface area (Å²) >= 11 is 4.53. The van der Waals surface area contributed by atoms with Gasteiger partial charge in [-0.05, 0) is 52.2 Å². The lowest BCUT2D eigenvalue weighted by molar-refractivity contribution is 0.424. The number of nitrogens with zero attached hydrogens (tertiary/aromatic N) is 1. The fourth-order valence-corrected chi connectivity index (χ4v) is 5.71. The molecule has 7 heteroatoms. The number of hydrogen-bond acceptors (Lipinski definition) is 3. The van der Waals surface area contributed by atoms with Gasteiger partial charge in [-0.3, -0.25) is 0 Å². The highest BCUT2D eigenvalue weighted by Gasteiger charge is 2.25. The summed E-state index contributed by atoms with van der Waals surface area (Å²) in [6.07, 6.45) is 0. The maximum absolute atomic E-state index is 13.2. The van der Waals surface area contributed by atoms with E-state index >= 15 is 0 Å². The Labute approximate surface area is 136 Å². The number of rotatable bonds is 5. The van der Waals surface area contributed by atoms with Crippen molar-refractivity contribution >= 4 is 37.3 Å². The minimum Gasteiger partial charge on any atom is -0.207 e. The predicted molar refractivity (Wildman–Crippen MR) is 86.4 cm³/mol. The van der Waals surface area contributed by atoms with Crippen LogP contribution in [-0.4, -0.2) is 19.3 Å². The zero-order valence-corrected chi connectivity index (χ0v) is 14.9. The van der Waals surface area contributed by atoms with Gasteiger partial charge in [-0.1, -0.05) is 19.1 Å². The van der Waals surface area contributed by atoms with Crippen molar-refractivity contribution in [2.45, 2.75) is 24.6 Å². The fourth-order valence-electron chi connectivity index (χ4n) is 1.89. The van der Waals surface area contributed by atoms with Crippen LogP contribution in [0.5, 0.6) is 0 Å².